The number of alkyl halides is 3. The number of ether oxygens (including phenoxy) is 1. The Labute approximate surface area is 195 Å². The molecule has 0 spiro atoms. The number of carbonyl (C=O) groups is 1. The Morgan fingerprint density at radius 1 is 1.00 bits per heavy atom. The van der Waals surface area contributed by atoms with Crippen molar-refractivity contribution in [2.75, 3.05) is 23.3 Å². The van der Waals surface area contributed by atoms with E-state index in [2.05, 4.69) is 27.8 Å². The number of aromatic nitrogens is 1. The van der Waals surface area contributed by atoms with Crippen molar-refractivity contribution in [2.24, 2.45) is 0 Å². The molecule has 2 aromatic carbocycles. The van der Waals surface area contributed by atoms with Gasteiger partial charge < -0.3 is 15.0 Å². The van der Waals surface area contributed by atoms with E-state index in [1.807, 2.05) is 6.07 Å². The molecule has 0 atom stereocenters. The van der Waals surface area contributed by atoms with Gasteiger partial charge in [-0.25, -0.2) is 4.98 Å². The number of piperidine rings is 1. The number of hydrogen-bond donors (Lipinski definition) is 2. The largest absolute Gasteiger partial charge is 0.457 e. The van der Waals surface area contributed by atoms with Crippen molar-refractivity contribution >= 4 is 29.9 Å². The zero-order valence-corrected chi connectivity index (χ0v) is 18.5. The Bertz CT molecular complexity index is 1130. The number of hydrogen-bond acceptors (Lipinski definition) is 5. The van der Waals surface area contributed by atoms with Gasteiger partial charge in [0.15, 0.2) is 0 Å². The lowest BCUT2D eigenvalue weighted by atomic mass is 10.1. The third-order valence-electron chi connectivity index (χ3n) is 5.32. The summed E-state index contributed by atoms with van der Waals surface area (Å²) in [6.45, 7) is 1.85. The number of anilines is 2. The molecular weight excluding hydrogens is 451 g/mol. The third-order valence-corrected chi connectivity index (χ3v) is 5.76. The lowest BCUT2D eigenvalue weighted by molar-refractivity contribution is -0.137. The van der Waals surface area contributed by atoms with E-state index in [4.69, 9.17) is 4.74 Å². The number of thiol groups is 1. The normalized spacial score (nSPS) is 14.1. The molecule has 1 saturated heterocycles. The molecule has 4 rings (SSSR count). The molecule has 1 aliphatic heterocycles. The van der Waals surface area contributed by atoms with Gasteiger partial charge in [-0.1, -0.05) is 6.07 Å². The van der Waals surface area contributed by atoms with Crippen LogP contribution in [0.15, 0.2) is 65.7 Å². The lowest BCUT2D eigenvalue weighted by Gasteiger charge is -2.30. The summed E-state index contributed by atoms with van der Waals surface area (Å²) in [7, 11) is 0. The Morgan fingerprint density at radius 3 is 2.42 bits per heavy atom. The zero-order valence-electron chi connectivity index (χ0n) is 17.6. The van der Waals surface area contributed by atoms with Gasteiger partial charge in [0.2, 0.25) is 0 Å². The van der Waals surface area contributed by atoms with Crippen LogP contribution in [-0.2, 0) is 6.18 Å². The van der Waals surface area contributed by atoms with Crippen molar-refractivity contribution in [2.45, 2.75) is 30.3 Å². The monoisotopic (exact) mass is 473 g/mol. The summed E-state index contributed by atoms with van der Waals surface area (Å²) in [5, 5.41) is 2.78. The summed E-state index contributed by atoms with van der Waals surface area (Å²) < 4.78 is 44.1. The fourth-order valence-electron chi connectivity index (χ4n) is 3.67. The van der Waals surface area contributed by atoms with E-state index in [1.165, 1.54) is 18.6 Å². The highest BCUT2D eigenvalue weighted by molar-refractivity contribution is 7.80. The molecule has 1 aliphatic rings. The Kier molecular flexibility index (Phi) is 6.78. The van der Waals surface area contributed by atoms with E-state index >= 15 is 0 Å². The van der Waals surface area contributed by atoms with Crippen LogP contribution in [0, 0.1) is 0 Å². The molecule has 1 fully saturated rings. The van der Waals surface area contributed by atoms with Crippen LogP contribution in [0.4, 0.5) is 24.5 Å². The third kappa shape index (κ3) is 5.60. The number of rotatable bonds is 5. The topological polar surface area (TPSA) is 54.5 Å². The second kappa shape index (κ2) is 9.74. The van der Waals surface area contributed by atoms with E-state index in [1.54, 1.807) is 30.5 Å². The van der Waals surface area contributed by atoms with Gasteiger partial charge in [-0.05, 0) is 67.8 Å². The first-order valence-corrected chi connectivity index (χ1v) is 11.0. The molecule has 3 aromatic rings. The first kappa shape index (κ1) is 23.0. The molecule has 9 heteroatoms. The van der Waals surface area contributed by atoms with Gasteiger partial charge in [-0.15, -0.1) is 12.6 Å². The van der Waals surface area contributed by atoms with Crippen LogP contribution in [0.25, 0.3) is 0 Å². The fourth-order valence-corrected chi connectivity index (χ4v) is 4.04. The van der Waals surface area contributed by atoms with Crippen LogP contribution in [0.5, 0.6) is 11.5 Å². The molecule has 2 heterocycles. The molecule has 0 bridgehead atoms. The molecule has 1 amide bonds. The first-order chi connectivity index (χ1) is 15.8. The van der Waals surface area contributed by atoms with Crippen LogP contribution in [0.2, 0.25) is 0 Å². The predicted octanol–water partition coefficient (Wildman–Crippen LogP) is 6.42. The summed E-state index contributed by atoms with van der Waals surface area (Å²) in [6, 6.07) is 12.9. The smallest absolute Gasteiger partial charge is 0.416 e. The highest BCUT2D eigenvalue weighted by Crippen LogP contribution is 2.33. The minimum absolute atomic E-state index is 0.0695. The van der Waals surface area contributed by atoms with Crippen molar-refractivity contribution in [1.82, 2.24) is 4.98 Å². The van der Waals surface area contributed by atoms with Gasteiger partial charge in [-0.3, -0.25) is 4.79 Å². The molecule has 0 unspecified atom stereocenters. The quantitative estimate of drug-likeness (QED) is 0.420. The lowest BCUT2D eigenvalue weighted by Crippen LogP contribution is -2.30. The summed E-state index contributed by atoms with van der Waals surface area (Å²) in [5.41, 5.74) is 0.828. The average Bonchev–Trinajstić information content (AvgIpc) is 2.81. The predicted molar refractivity (Wildman–Crippen MR) is 123 cm³/mol. The van der Waals surface area contributed by atoms with E-state index in [0.717, 1.165) is 43.8 Å². The Balaban J connectivity index is 1.44. The van der Waals surface area contributed by atoms with Crippen LogP contribution in [-0.4, -0.2) is 24.0 Å². The van der Waals surface area contributed by atoms with Crippen molar-refractivity contribution in [3.8, 4) is 11.5 Å². The number of benzene rings is 2. The number of nitrogens with one attached hydrogen (secondary N) is 1. The summed E-state index contributed by atoms with van der Waals surface area (Å²) in [4.78, 5) is 19.7. The van der Waals surface area contributed by atoms with E-state index < -0.39 is 17.6 Å². The van der Waals surface area contributed by atoms with E-state index in [9.17, 15) is 18.0 Å². The highest BCUT2D eigenvalue weighted by atomic mass is 32.1. The van der Waals surface area contributed by atoms with Crippen molar-refractivity contribution in [3.63, 3.8) is 0 Å². The Morgan fingerprint density at radius 2 is 1.73 bits per heavy atom. The maximum absolute atomic E-state index is 12.9. The second-order valence-corrected chi connectivity index (χ2v) is 8.13. The number of pyridine rings is 1. The van der Waals surface area contributed by atoms with Gasteiger partial charge in [0.25, 0.3) is 5.91 Å². The van der Waals surface area contributed by atoms with Gasteiger partial charge >= 0.3 is 6.18 Å². The number of carbonyl (C=O) groups excluding carboxylic acids is 1. The van der Waals surface area contributed by atoms with Crippen molar-refractivity contribution in [3.05, 3.63) is 72.1 Å². The summed E-state index contributed by atoms with van der Waals surface area (Å²) >= 11 is 4.56. The van der Waals surface area contributed by atoms with E-state index in [-0.39, 0.29) is 11.4 Å². The second-order valence-electron chi connectivity index (χ2n) is 7.68. The molecule has 172 valence electrons. The SMILES string of the molecule is O=C(Nc1ccc(Oc2cccc(C(F)(F)F)c2)cc1)c1nccc(N2CCCCC2)c1S. The molecule has 0 saturated carbocycles. The van der Waals surface area contributed by atoms with Crippen LogP contribution >= 0.6 is 12.6 Å². The maximum atomic E-state index is 12.9. The molecule has 1 aromatic heterocycles. The highest BCUT2D eigenvalue weighted by Gasteiger charge is 2.30. The maximum Gasteiger partial charge on any atom is 0.416 e. The van der Waals surface area contributed by atoms with Crippen molar-refractivity contribution in [1.29, 1.82) is 0 Å². The van der Waals surface area contributed by atoms with Crippen LogP contribution in [0.1, 0.15) is 35.3 Å². The number of nitrogens with zero attached hydrogens (tertiary/aromatic N) is 2. The minimum Gasteiger partial charge on any atom is -0.457 e. The first-order valence-electron chi connectivity index (χ1n) is 10.5. The number of amides is 1. The molecule has 33 heavy (non-hydrogen) atoms. The van der Waals surface area contributed by atoms with Crippen molar-refractivity contribution < 1.29 is 22.7 Å². The van der Waals surface area contributed by atoms with E-state index in [0.29, 0.717) is 16.3 Å². The minimum atomic E-state index is -4.45. The molecule has 5 nitrogen and oxygen atoms in total. The number of halogens is 3. The average molecular weight is 474 g/mol. The van der Waals surface area contributed by atoms with Gasteiger partial charge in [0.05, 0.1) is 16.1 Å². The summed E-state index contributed by atoms with van der Waals surface area (Å²) in [6.07, 6.45) is 0.561. The zero-order chi connectivity index (χ0) is 23.4. The standard InChI is InChI=1S/C24H22F3N3O2S/c25-24(26,27)16-5-4-6-19(15-16)32-18-9-7-17(8-10-18)29-23(31)21-22(33)20(11-12-28-21)30-13-2-1-3-14-30/h4-12,15,33H,1-3,13-14H2,(H,29,31). The fraction of sp³-hybridized carbons (Fsp3) is 0.250. The molecular formula is C24H22F3N3O2S. The van der Waals surface area contributed by atoms with Gasteiger partial charge in [-0.2, -0.15) is 13.2 Å². The summed E-state index contributed by atoms with van der Waals surface area (Å²) in [5.74, 6) is 0.0119. The molecule has 0 aliphatic carbocycles. The molecule has 1 N–H and O–H groups in total. The van der Waals surface area contributed by atoms with Gasteiger partial charge in [0.1, 0.15) is 17.2 Å². The Hall–Kier alpha value is -3.20. The van der Waals surface area contributed by atoms with Crippen LogP contribution < -0.4 is 15.0 Å². The molecule has 0 radical (unpaired) electrons. The van der Waals surface area contributed by atoms with Gasteiger partial charge in [0, 0.05) is 25.0 Å². The van der Waals surface area contributed by atoms with Crippen LogP contribution in [0.3, 0.4) is 0 Å².